The molecule has 1 aromatic rings. The van der Waals surface area contributed by atoms with E-state index in [4.69, 9.17) is 4.79 Å². The van der Waals surface area contributed by atoms with Crippen LogP contribution < -0.4 is 11.5 Å². The van der Waals surface area contributed by atoms with Crippen molar-refractivity contribution in [1.82, 2.24) is 9.80 Å². The molecule has 8 heteroatoms. The summed E-state index contributed by atoms with van der Waals surface area (Å²) in [6, 6.07) is 4.07. The number of fused-ring (bicyclic) bond motifs is 3. The van der Waals surface area contributed by atoms with Crippen LogP contribution in [-0.4, -0.2) is 72.8 Å². The minimum absolute atomic E-state index is 0.0938. The molecule has 238 valence electrons. The lowest BCUT2D eigenvalue weighted by atomic mass is 9.57. The molecule has 4 atom stereocenters. The van der Waals surface area contributed by atoms with Crippen LogP contribution in [0.25, 0.3) is 5.57 Å². The Kier molecular flexibility index (Phi) is 11.7. The average molecular weight is 603 g/mol. The van der Waals surface area contributed by atoms with E-state index >= 15 is 0 Å². The first-order chi connectivity index (χ1) is 20.9. The van der Waals surface area contributed by atoms with Crippen molar-refractivity contribution in [2.75, 3.05) is 39.8 Å². The van der Waals surface area contributed by atoms with Gasteiger partial charge in [0.25, 0.3) is 0 Å². The maximum atomic E-state index is 13.7. The fraction of sp³-hybridized carbons (Fsp3) is 0.472. The Balaban J connectivity index is 0.000000997. The molecule has 2 amide bonds. The first-order valence-corrected chi connectivity index (χ1v) is 15.5. The number of piperazine rings is 1. The highest BCUT2D eigenvalue weighted by Gasteiger charge is 2.45. The van der Waals surface area contributed by atoms with E-state index in [1.165, 1.54) is 18.2 Å². The number of Topliss-reactive ketones (excluding diaryl/α,β-unsaturated/α-hetero) is 1. The first kappa shape index (κ1) is 34.7. The van der Waals surface area contributed by atoms with Gasteiger partial charge in [-0.2, -0.15) is 0 Å². The third kappa shape index (κ3) is 6.66. The number of aryl methyl sites for hydroxylation is 1. The predicted octanol–water partition coefficient (Wildman–Crippen LogP) is 4.75. The summed E-state index contributed by atoms with van der Waals surface area (Å²) >= 11 is 0. The van der Waals surface area contributed by atoms with Crippen LogP contribution in [0.15, 0.2) is 66.0 Å². The number of nitrogens with zero attached hydrogens (tertiary/aromatic N) is 2. The zero-order valence-electron chi connectivity index (χ0n) is 27.1. The minimum atomic E-state index is 0.0938. The van der Waals surface area contributed by atoms with E-state index < -0.39 is 0 Å². The predicted molar refractivity (Wildman–Crippen MR) is 178 cm³/mol. The van der Waals surface area contributed by atoms with E-state index in [-0.39, 0.29) is 41.8 Å². The molecule has 1 heterocycles. The van der Waals surface area contributed by atoms with E-state index in [1.807, 2.05) is 24.0 Å². The van der Waals surface area contributed by atoms with Gasteiger partial charge < -0.3 is 21.5 Å². The zero-order chi connectivity index (χ0) is 32.9. The molecule has 3 aliphatic carbocycles. The molecular weight excluding hydrogens is 552 g/mol. The van der Waals surface area contributed by atoms with Crippen LogP contribution in [0.1, 0.15) is 60.7 Å². The number of amides is 2. The highest BCUT2D eigenvalue weighted by atomic mass is 16.3. The second-order valence-corrected chi connectivity index (χ2v) is 12.2. The molecule has 0 saturated carbocycles. The lowest BCUT2D eigenvalue weighted by molar-refractivity contribution is -0.130. The van der Waals surface area contributed by atoms with Crippen LogP contribution in [0.3, 0.4) is 0 Å². The van der Waals surface area contributed by atoms with Gasteiger partial charge in [-0.3, -0.25) is 19.3 Å². The van der Waals surface area contributed by atoms with Gasteiger partial charge in [0, 0.05) is 51.0 Å². The number of carbonyl (C=O) groups is 3. The number of benzene rings is 1. The second kappa shape index (κ2) is 14.8. The van der Waals surface area contributed by atoms with Gasteiger partial charge in [-0.25, -0.2) is 0 Å². The number of carbonyl (C=O) groups excluding carboxylic acids is 3. The number of hydrogen-bond acceptors (Lipinski definition) is 6. The molecule has 4 unspecified atom stereocenters. The van der Waals surface area contributed by atoms with E-state index in [2.05, 4.69) is 56.0 Å². The fourth-order valence-corrected chi connectivity index (χ4v) is 7.58. The molecule has 0 bridgehead atoms. The minimum Gasteiger partial charge on any atom is -0.512 e. The van der Waals surface area contributed by atoms with Crippen molar-refractivity contribution in [3.63, 3.8) is 0 Å². The first-order valence-electron chi connectivity index (χ1n) is 15.5. The molecule has 4 aliphatic rings. The van der Waals surface area contributed by atoms with Crippen LogP contribution in [0.2, 0.25) is 0 Å². The van der Waals surface area contributed by atoms with Gasteiger partial charge in [-0.15, -0.1) is 6.58 Å². The third-order valence-corrected chi connectivity index (χ3v) is 9.79. The van der Waals surface area contributed by atoms with Gasteiger partial charge in [-0.05, 0) is 90.5 Å². The number of nitrogens with two attached hydrogens (primary N) is 2. The van der Waals surface area contributed by atoms with E-state index in [1.54, 1.807) is 6.92 Å². The number of primary amides is 1. The molecule has 8 nitrogen and oxygen atoms in total. The zero-order valence-corrected chi connectivity index (χ0v) is 27.1. The Labute approximate surface area is 262 Å². The van der Waals surface area contributed by atoms with Crippen LogP contribution >= 0.6 is 0 Å². The molecule has 1 fully saturated rings. The lowest BCUT2D eigenvalue weighted by Crippen LogP contribution is -2.49. The van der Waals surface area contributed by atoms with Gasteiger partial charge in [0.2, 0.25) is 12.3 Å². The third-order valence-electron chi connectivity index (χ3n) is 9.79. The molecule has 0 spiro atoms. The summed E-state index contributed by atoms with van der Waals surface area (Å²) in [6.07, 6.45) is 4.68. The van der Waals surface area contributed by atoms with Crippen molar-refractivity contribution in [1.29, 1.82) is 0 Å². The van der Waals surface area contributed by atoms with E-state index in [0.717, 1.165) is 51.8 Å². The SMILES string of the molecule is C=CC(C)C1=C2C(=C)c3c(C)ccc(C(=O)CN4CCN(C(C)=O)CC4)c3CC2CC2CC(O)=C(C)C(=C)C12.CN.NC=O. The van der Waals surface area contributed by atoms with E-state index in [0.29, 0.717) is 44.9 Å². The van der Waals surface area contributed by atoms with Crippen LogP contribution in [0, 0.1) is 30.6 Å². The molecule has 0 radical (unpaired) electrons. The normalized spacial score (nSPS) is 23.6. The summed E-state index contributed by atoms with van der Waals surface area (Å²) in [5.74, 6) is 1.56. The molecule has 1 saturated heterocycles. The van der Waals surface area contributed by atoms with Gasteiger partial charge >= 0.3 is 0 Å². The summed E-state index contributed by atoms with van der Waals surface area (Å²) in [5.41, 5.74) is 18.5. The lowest BCUT2D eigenvalue weighted by Gasteiger charge is -2.47. The Bertz CT molecular complexity index is 1400. The number of hydrogen-bond donors (Lipinski definition) is 3. The number of aliphatic hydroxyl groups is 1. The monoisotopic (exact) mass is 602 g/mol. The fourth-order valence-electron chi connectivity index (χ4n) is 7.58. The highest BCUT2D eigenvalue weighted by Crippen LogP contribution is 2.56. The summed E-state index contributed by atoms with van der Waals surface area (Å²) in [4.78, 5) is 38.0. The topological polar surface area (TPSA) is 130 Å². The Morgan fingerprint density at radius 3 is 2.30 bits per heavy atom. The number of aliphatic hydroxyl groups excluding tert-OH is 1. The molecule has 1 aromatic carbocycles. The Morgan fingerprint density at radius 2 is 1.73 bits per heavy atom. The van der Waals surface area contributed by atoms with Gasteiger partial charge in [0.1, 0.15) is 0 Å². The van der Waals surface area contributed by atoms with Crippen molar-refractivity contribution in [3.8, 4) is 0 Å². The standard InChI is InChI=1S/C34H42N2O3.CH3NO.CH5N/c1-8-19(2)32-33-22(5)21(4)29(38)17-26(33)15-25-16-28-27(10-9-20(3)31(28)23(6)34(25)32)30(39)18-35-11-13-36(14-12-35)24(7)37;2-1-3;1-2/h8-10,19,25-26,33,38H,1,5-6,11-18H2,2-4,7H3;1H,(H2,2,3);2H2,1H3. The quantitative estimate of drug-likeness (QED) is 0.253. The Hall–Kier alpha value is -3.75. The average Bonchev–Trinajstić information content (AvgIpc) is 3.00. The van der Waals surface area contributed by atoms with Crippen molar-refractivity contribution in [3.05, 3.63) is 88.3 Å². The molecule has 44 heavy (non-hydrogen) atoms. The van der Waals surface area contributed by atoms with Crippen LogP contribution in [0.4, 0.5) is 0 Å². The van der Waals surface area contributed by atoms with Crippen molar-refractivity contribution >= 4 is 23.7 Å². The van der Waals surface area contributed by atoms with Crippen LogP contribution in [-0.2, 0) is 16.0 Å². The maximum absolute atomic E-state index is 13.7. The van der Waals surface area contributed by atoms with E-state index in [9.17, 15) is 14.7 Å². The maximum Gasteiger partial charge on any atom is 0.219 e. The summed E-state index contributed by atoms with van der Waals surface area (Å²) in [5, 5.41) is 10.7. The summed E-state index contributed by atoms with van der Waals surface area (Å²) < 4.78 is 0. The van der Waals surface area contributed by atoms with Crippen molar-refractivity contribution in [2.45, 2.75) is 47.0 Å². The largest absolute Gasteiger partial charge is 0.512 e. The number of allylic oxidation sites excluding steroid dienone is 7. The summed E-state index contributed by atoms with van der Waals surface area (Å²) in [7, 11) is 1.50. The molecule has 1 aliphatic heterocycles. The number of ketones is 1. The highest BCUT2D eigenvalue weighted by molar-refractivity contribution is 6.01. The van der Waals surface area contributed by atoms with Crippen molar-refractivity contribution in [2.24, 2.45) is 35.1 Å². The molecule has 5 rings (SSSR count). The summed E-state index contributed by atoms with van der Waals surface area (Å²) in [6.45, 7) is 24.3. The van der Waals surface area contributed by atoms with Gasteiger partial charge in [0.15, 0.2) is 5.78 Å². The van der Waals surface area contributed by atoms with Crippen LogP contribution in [0.5, 0.6) is 0 Å². The molecular formula is C36H50N4O4. The Morgan fingerprint density at radius 1 is 1.11 bits per heavy atom. The van der Waals surface area contributed by atoms with Gasteiger partial charge in [0.05, 0.1) is 12.3 Å². The molecule has 5 N–H and O–H groups in total. The second-order valence-electron chi connectivity index (χ2n) is 12.2. The number of rotatable bonds is 5. The van der Waals surface area contributed by atoms with Gasteiger partial charge in [-0.1, -0.05) is 43.9 Å². The smallest absolute Gasteiger partial charge is 0.219 e. The molecule has 0 aromatic heterocycles. The van der Waals surface area contributed by atoms with Crippen molar-refractivity contribution < 1.29 is 19.5 Å².